The van der Waals surface area contributed by atoms with E-state index in [2.05, 4.69) is 32.9 Å². The third kappa shape index (κ3) is 12.0. The Morgan fingerprint density at radius 3 is 2.15 bits per heavy atom. The number of hydrogen-bond acceptors (Lipinski definition) is 5. The van der Waals surface area contributed by atoms with Gasteiger partial charge in [-0.25, -0.2) is 0 Å². The van der Waals surface area contributed by atoms with Gasteiger partial charge in [0, 0.05) is 13.0 Å². The van der Waals surface area contributed by atoms with Gasteiger partial charge in [0.2, 0.25) is 6.35 Å². The molecule has 0 spiro atoms. The van der Waals surface area contributed by atoms with Crippen molar-refractivity contribution >= 4 is 15.4 Å². The van der Waals surface area contributed by atoms with Gasteiger partial charge in [-0.1, -0.05) is 27.9 Å². The maximum atomic E-state index is 13.1. The standard InChI is InChI=1S/C20H39O5P2/c1-7-23-17-26(21)20(27(22,24-8-2)25-9-3)16-11-10-14-19(6)15-12-13-18(4)5/h13-14,20H,7-12,15-17H2,1-6H3/q+1/b19-14-. The molecule has 7 heteroatoms. The van der Waals surface area contributed by atoms with Gasteiger partial charge in [0.25, 0.3) is 5.40 Å². The molecule has 0 rings (SSSR count). The predicted molar refractivity (Wildman–Crippen MR) is 115 cm³/mol. The highest BCUT2D eigenvalue weighted by atomic mass is 31.2. The summed E-state index contributed by atoms with van der Waals surface area (Å²) in [4.78, 5) is 0. The van der Waals surface area contributed by atoms with Crippen molar-refractivity contribution in [1.82, 2.24) is 0 Å². The van der Waals surface area contributed by atoms with Crippen LogP contribution in [-0.2, 0) is 22.9 Å². The molecule has 158 valence electrons. The minimum absolute atomic E-state index is 0.0954. The molecule has 0 fully saturated rings. The summed E-state index contributed by atoms with van der Waals surface area (Å²) in [5.74, 6) is 0. The molecule has 0 aliphatic heterocycles. The number of ether oxygens (including phenoxy) is 1. The Bertz CT molecular complexity index is 514. The van der Waals surface area contributed by atoms with Crippen LogP contribution >= 0.6 is 15.4 Å². The molecular weight excluding hydrogens is 382 g/mol. The minimum Gasteiger partial charge on any atom is -0.338 e. The normalized spacial score (nSPS) is 14.1. The zero-order chi connectivity index (χ0) is 20.7. The number of hydrogen-bond donors (Lipinski definition) is 0. The second-order valence-electron chi connectivity index (χ2n) is 6.70. The fourth-order valence-corrected chi connectivity index (χ4v) is 7.14. The lowest BCUT2D eigenvalue weighted by Gasteiger charge is -2.19. The van der Waals surface area contributed by atoms with Gasteiger partial charge in [-0.2, -0.15) is 0 Å². The molecule has 0 N–H and O–H groups in total. The summed E-state index contributed by atoms with van der Waals surface area (Å²) in [5.41, 5.74) is 2.69. The van der Waals surface area contributed by atoms with Gasteiger partial charge in [-0.15, -0.1) is 0 Å². The van der Waals surface area contributed by atoms with Crippen LogP contribution in [-0.4, -0.2) is 31.6 Å². The smallest absolute Gasteiger partial charge is 0.338 e. The Kier molecular flexibility index (Phi) is 15.4. The number of allylic oxidation sites excluding steroid dienone is 4. The molecule has 0 aromatic rings. The van der Waals surface area contributed by atoms with E-state index in [1.807, 2.05) is 6.92 Å². The van der Waals surface area contributed by atoms with E-state index in [0.717, 1.165) is 25.7 Å². The highest BCUT2D eigenvalue weighted by Gasteiger charge is 2.48. The first-order chi connectivity index (χ1) is 12.8. The summed E-state index contributed by atoms with van der Waals surface area (Å²) in [6.07, 6.45) is 8.86. The fraction of sp³-hybridized carbons (Fsp3) is 0.800. The number of rotatable bonds is 16. The zero-order valence-electron chi connectivity index (χ0n) is 18.0. The minimum atomic E-state index is -3.41. The van der Waals surface area contributed by atoms with Crippen LogP contribution in [0.1, 0.15) is 73.6 Å². The van der Waals surface area contributed by atoms with Crippen LogP contribution < -0.4 is 0 Å². The maximum absolute atomic E-state index is 13.1. The molecular formula is C20H39O5P2+. The molecule has 0 saturated heterocycles. The Labute approximate surface area is 167 Å². The number of unbranched alkanes of at least 4 members (excludes halogenated alkanes) is 1. The van der Waals surface area contributed by atoms with E-state index in [1.165, 1.54) is 11.1 Å². The highest BCUT2D eigenvalue weighted by Crippen LogP contribution is 2.62. The Hall–Kier alpha value is -0.310. The lowest BCUT2D eigenvalue weighted by atomic mass is 10.1. The molecule has 0 aromatic heterocycles. The molecule has 0 aliphatic rings. The molecule has 0 heterocycles. The first-order valence-electron chi connectivity index (χ1n) is 9.99. The molecule has 2 atom stereocenters. The van der Waals surface area contributed by atoms with Crippen LogP contribution in [0.2, 0.25) is 0 Å². The second kappa shape index (κ2) is 15.6. The molecule has 0 bridgehead atoms. The summed E-state index contributed by atoms with van der Waals surface area (Å²) in [6.45, 7) is 12.8. The van der Waals surface area contributed by atoms with Crippen LogP contribution in [0.4, 0.5) is 0 Å². The summed E-state index contributed by atoms with van der Waals surface area (Å²) in [5, 5.41) is -0.613. The molecule has 0 aliphatic carbocycles. The van der Waals surface area contributed by atoms with E-state index in [1.54, 1.807) is 13.8 Å². The lowest BCUT2D eigenvalue weighted by Crippen LogP contribution is -2.12. The van der Waals surface area contributed by atoms with E-state index in [0.29, 0.717) is 13.0 Å². The molecule has 0 saturated carbocycles. The van der Waals surface area contributed by atoms with Gasteiger partial charge >= 0.3 is 15.4 Å². The van der Waals surface area contributed by atoms with Crippen molar-refractivity contribution < 1.29 is 22.9 Å². The van der Waals surface area contributed by atoms with Gasteiger partial charge in [0.05, 0.1) is 13.2 Å². The lowest BCUT2D eigenvalue weighted by molar-refractivity contribution is 0.191. The van der Waals surface area contributed by atoms with E-state index in [-0.39, 0.29) is 19.6 Å². The van der Waals surface area contributed by atoms with Crippen LogP contribution in [0.3, 0.4) is 0 Å². The summed E-state index contributed by atoms with van der Waals surface area (Å²) < 4.78 is 42.1. The molecule has 2 unspecified atom stereocenters. The van der Waals surface area contributed by atoms with Crippen molar-refractivity contribution in [2.45, 2.75) is 79.0 Å². The van der Waals surface area contributed by atoms with E-state index in [9.17, 15) is 9.13 Å². The van der Waals surface area contributed by atoms with E-state index >= 15 is 0 Å². The summed E-state index contributed by atoms with van der Waals surface area (Å²) in [7, 11) is -5.23. The first-order valence-corrected chi connectivity index (χ1v) is 13.1. The predicted octanol–water partition coefficient (Wildman–Crippen LogP) is 7.26. The van der Waals surface area contributed by atoms with Crippen LogP contribution in [0.15, 0.2) is 23.3 Å². The molecule has 27 heavy (non-hydrogen) atoms. The SMILES string of the molecule is CCOC[P+](=O)C(CCC/C=C(/C)CCC=C(C)C)P(=O)(OCC)OCC. The average molecular weight is 421 g/mol. The van der Waals surface area contributed by atoms with Crippen molar-refractivity contribution in [3.63, 3.8) is 0 Å². The second-order valence-corrected chi connectivity index (χ2v) is 11.0. The van der Waals surface area contributed by atoms with Crippen molar-refractivity contribution in [1.29, 1.82) is 0 Å². The molecule has 5 nitrogen and oxygen atoms in total. The highest BCUT2D eigenvalue weighted by molar-refractivity contribution is 7.68. The van der Waals surface area contributed by atoms with Crippen LogP contribution in [0.25, 0.3) is 0 Å². The average Bonchev–Trinajstić information content (AvgIpc) is 2.59. The van der Waals surface area contributed by atoms with Crippen molar-refractivity contribution in [2.75, 3.05) is 26.2 Å². The van der Waals surface area contributed by atoms with Crippen molar-refractivity contribution in [2.24, 2.45) is 0 Å². The van der Waals surface area contributed by atoms with Gasteiger partial charge in [-0.05, 0) is 67.2 Å². The first kappa shape index (κ1) is 26.7. The van der Waals surface area contributed by atoms with Crippen molar-refractivity contribution in [3.05, 3.63) is 23.3 Å². The topological polar surface area (TPSA) is 61.8 Å². The van der Waals surface area contributed by atoms with Gasteiger partial charge in [0.1, 0.15) is 0 Å². The van der Waals surface area contributed by atoms with E-state index < -0.39 is 20.8 Å². The van der Waals surface area contributed by atoms with Crippen LogP contribution in [0, 0.1) is 0 Å². The van der Waals surface area contributed by atoms with Crippen LogP contribution in [0.5, 0.6) is 0 Å². The quantitative estimate of drug-likeness (QED) is 0.149. The Balaban J connectivity index is 4.87. The van der Waals surface area contributed by atoms with Crippen molar-refractivity contribution in [3.8, 4) is 0 Å². The molecule has 0 amide bonds. The largest absolute Gasteiger partial charge is 0.382 e. The summed E-state index contributed by atoms with van der Waals surface area (Å²) in [6, 6.07) is 0. The molecule has 0 radical (unpaired) electrons. The summed E-state index contributed by atoms with van der Waals surface area (Å²) >= 11 is 0. The maximum Gasteiger partial charge on any atom is 0.382 e. The third-order valence-corrected chi connectivity index (χ3v) is 9.19. The van der Waals surface area contributed by atoms with E-state index in [4.69, 9.17) is 13.8 Å². The Morgan fingerprint density at radius 1 is 1.00 bits per heavy atom. The van der Waals surface area contributed by atoms with Gasteiger partial charge < -0.3 is 13.8 Å². The fourth-order valence-electron chi connectivity index (χ4n) is 2.64. The zero-order valence-corrected chi connectivity index (χ0v) is 19.8. The Morgan fingerprint density at radius 2 is 1.63 bits per heavy atom. The molecule has 0 aromatic carbocycles. The monoisotopic (exact) mass is 421 g/mol. The third-order valence-electron chi connectivity index (χ3n) is 3.99. The van der Waals surface area contributed by atoms with Gasteiger partial charge in [0.15, 0.2) is 0 Å². The van der Waals surface area contributed by atoms with Gasteiger partial charge in [-0.3, -0.25) is 4.57 Å².